The van der Waals surface area contributed by atoms with Crippen LogP contribution in [0.2, 0.25) is 0 Å². The Balaban J connectivity index is 1.63. The van der Waals surface area contributed by atoms with Crippen LogP contribution in [0, 0.1) is 0 Å². The summed E-state index contributed by atoms with van der Waals surface area (Å²) in [5.74, 6) is -0.943. The number of fused-ring (bicyclic) bond motifs is 1. The van der Waals surface area contributed by atoms with Gasteiger partial charge in [-0.15, -0.1) is 0 Å². The van der Waals surface area contributed by atoms with Gasteiger partial charge in [0, 0.05) is 22.3 Å². The molecule has 6 nitrogen and oxygen atoms in total. The highest BCUT2D eigenvalue weighted by molar-refractivity contribution is 9.10. The van der Waals surface area contributed by atoms with Gasteiger partial charge in [0.2, 0.25) is 5.91 Å². The average Bonchev–Trinajstić information content (AvgIpc) is 3.19. The summed E-state index contributed by atoms with van der Waals surface area (Å²) < 4.78 is 1.30. The van der Waals surface area contributed by atoms with E-state index >= 15 is 0 Å². The maximum atomic E-state index is 13.4. The zero-order chi connectivity index (χ0) is 22.8. The molecule has 164 valence electrons. The first-order chi connectivity index (χ1) is 15.4. The lowest BCUT2D eigenvalue weighted by atomic mass is 10.1. The van der Waals surface area contributed by atoms with E-state index in [2.05, 4.69) is 21.2 Å². The van der Waals surface area contributed by atoms with Crippen LogP contribution in [0.15, 0.2) is 57.9 Å². The van der Waals surface area contributed by atoms with E-state index in [0.717, 1.165) is 29.1 Å². The van der Waals surface area contributed by atoms with E-state index in [1.807, 2.05) is 25.1 Å². The van der Waals surface area contributed by atoms with E-state index in [1.165, 1.54) is 4.90 Å². The fraction of sp³-hybridized carbons (Fsp3) is 0.217. The fourth-order valence-corrected chi connectivity index (χ4v) is 5.40. The Morgan fingerprint density at radius 1 is 1.09 bits per heavy atom. The number of para-hydroxylation sites is 1. The number of hydrogen-bond acceptors (Lipinski definition) is 5. The van der Waals surface area contributed by atoms with Crippen LogP contribution in [0.25, 0.3) is 5.57 Å². The van der Waals surface area contributed by atoms with Crippen molar-refractivity contribution < 1.29 is 14.4 Å². The van der Waals surface area contributed by atoms with Crippen LogP contribution in [0.4, 0.5) is 11.4 Å². The minimum Gasteiger partial charge on any atom is -0.324 e. The van der Waals surface area contributed by atoms with Gasteiger partial charge in [0.15, 0.2) is 0 Å². The number of carbonyl (C=O) groups excluding carboxylic acids is 3. The minimum atomic E-state index is -0.369. The first kappa shape index (κ1) is 22.7. The van der Waals surface area contributed by atoms with Crippen molar-refractivity contribution in [3.63, 3.8) is 0 Å². The number of nitrogens with zero attached hydrogens (tertiary/aromatic N) is 2. The summed E-state index contributed by atoms with van der Waals surface area (Å²) in [7, 11) is 0. The maximum Gasteiger partial charge on any atom is 0.267 e. The summed E-state index contributed by atoms with van der Waals surface area (Å²) in [4.78, 5) is 42.5. The fourth-order valence-electron chi connectivity index (χ4n) is 3.63. The van der Waals surface area contributed by atoms with Crippen LogP contribution in [0.1, 0.15) is 25.3 Å². The van der Waals surface area contributed by atoms with Crippen molar-refractivity contribution >= 4 is 78.9 Å². The lowest BCUT2D eigenvalue weighted by Crippen LogP contribution is -2.35. The molecular formula is C23H20BrN3O3S2. The van der Waals surface area contributed by atoms with Gasteiger partial charge >= 0.3 is 0 Å². The number of halogens is 1. The molecule has 0 aliphatic carbocycles. The van der Waals surface area contributed by atoms with Crippen molar-refractivity contribution in [2.45, 2.75) is 19.8 Å². The number of unbranched alkanes of at least 4 members (excludes halogenated alkanes) is 1. The first-order valence-corrected chi connectivity index (χ1v) is 12.2. The monoisotopic (exact) mass is 529 g/mol. The Kier molecular flexibility index (Phi) is 6.78. The van der Waals surface area contributed by atoms with E-state index in [0.29, 0.717) is 38.3 Å². The van der Waals surface area contributed by atoms with Gasteiger partial charge in [-0.1, -0.05) is 77.5 Å². The third-order valence-electron chi connectivity index (χ3n) is 5.14. The van der Waals surface area contributed by atoms with Crippen molar-refractivity contribution in [2.75, 3.05) is 23.3 Å². The van der Waals surface area contributed by atoms with Gasteiger partial charge in [0.25, 0.3) is 11.8 Å². The summed E-state index contributed by atoms with van der Waals surface area (Å²) in [6.45, 7) is 2.42. The highest BCUT2D eigenvalue weighted by Crippen LogP contribution is 2.44. The largest absolute Gasteiger partial charge is 0.324 e. The molecule has 2 aromatic carbocycles. The lowest BCUT2D eigenvalue weighted by Gasteiger charge is -2.17. The molecular weight excluding hydrogens is 510 g/mol. The average molecular weight is 530 g/mol. The number of carbonyl (C=O) groups is 3. The van der Waals surface area contributed by atoms with Crippen LogP contribution in [-0.2, 0) is 14.4 Å². The predicted octanol–water partition coefficient (Wildman–Crippen LogP) is 4.81. The van der Waals surface area contributed by atoms with Gasteiger partial charge in [-0.05, 0) is 30.7 Å². The molecule has 0 saturated carbocycles. The topological polar surface area (TPSA) is 69.7 Å². The van der Waals surface area contributed by atoms with Gasteiger partial charge in [-0.25, -0.2) is 0 Å². The van der Waals surface area contributed by atoms with E-state index in [1.54, 1.807) is 35.2 Å². The Bertz CT molecular complexity index is 1160. The number of amides is 3. The van der Waals surface area contributed by atoms with E-state index < -0.39 is 0 Å². The second-order valence-corrected chi connectivity index (χ2v) is 9.91. The molecule has 3 amide bonds. The molecule has 0 radical (unpaired) electrons. The summed E-state index contributed by atoms with van der Waals surface area (Å²) in [6.07, 6.45) is 1.77. The number of rotatable bonds is 6. The Morgan fingerprint density at radius 2 is 1.88 bits per heavy atom. The van der Waals surface area contributed by atoms with E-state index in [-0.39, 0.29) is 24.3 Å². The molecule has 0 aromatic heterocycles. The Labute approximate surface area is 204 Å². The molecule has 0 unspecified atom stereocenters. The number of thiocarbonyl (C=S) groups is 1. The van der Waals surface area contributed by atoms with Crippen molar-refractivity contribution in [1.29, 1.82) is 0 Å². The number of nitrogens with one attached hydrogen (secondary N) is 1. The highest BCUT2D eigenvalue weighted by Gasteiger charge is 2.42. The molecule has 4 rings (SSSR count). The molecule has 0 spiro atoms. The van der Waals surface area contributed by atoms with Crippen molar-refractivity contribution in [2.24, 2.45) is 0 Å². The normalized spacial score (nSPS) is 17.9. The van der Waals surface area contributed by atoms with E-state index in [9.17, 15) is 14.4 Å². The number of benzene rings is 2. The second kappa shape index (κ2) is 9.56. The van der Waals surface area contributed by atoms with Crippen molar-refractivity contribution in [3.05, 3.63) is 63.5 Å². The maximum absolute atomic E-state index is 13.4. The summed E-state index contributed by atoms with van der Waals surface area (Å²) in [5.41, 5.74) is 2.19. The molecule has 2 heterocycles. The number of hydrogen-bond donors (Lipinski definition) is 1. The summed E-state index contributed by atoms with van der Waals surface area (Å²) in [6, 6.07) is 14.4. The van der Waals surface area contributed by atoms with Crippen LogP contribution in [0.3, 0.4) is 0 Å². The van der Waals surface area contributed by atoms with E-state index in [4.69, 9.17) is 12.2 Å². The van der Waals surface area contributed by atoms with Crippen LogP contribution in [0.5, 0.6) is 0 Å². The quantitative estimate of drug-likeness (QED) is 0.429. The van der Waals surface area contributed by atoms with Gasteiger partial charge in [-0.3, -0.25) is 24.2 Å². The third kappa shape index (κ3) is 4.37. The molecule has 0 bridgehead atoms. The molecule has 2 aliphatic heterocycles. The van der Waals surface area contributed by atoms with Gasteiger partial charge in [-0.2, -0.15) is 0 Å². The molecule has 1 N–H and O–H groups in total. The summed E-state index contributed by atoms with van der Waals surface area (Å²) >= 11 is 9.94. The molecule has 9 heteroatoms. The number of anilines is 2. The van der Waals surface area contributed by atoms with Crippen LogP contribution in [-0.4, -0.2) is 40.0 Å². The van der Waals surface area contributed by atoms with Crippen molar-refractivity contribution in [3.8, 4) is 0 Å². The zero-order valence-corrected chi connectivity index (χ0v) is 20.5. The molecule has 2 aromatic rings. The molecule has 1 fully saturated rings. The SMILES string of the molecule is CCCCN1C(=O)/C(=C2/C(=O)N(CC(=O)Nc3cccc(Br)c3)c3ccccc32)SC1=S. The summed E-state index contributed by atoms with van der Waals surface area (Å²) in [5, 5.41) is 2.81. The van der Waals surface area contributed by atoms with Crippen molar-refractivity contribution in [1.82, 2.24) is 4.90 Å². The first-order valence-electron chi connectivity index (χ1n) is 10.1. The molecule has 1 saturated heterocycles. The van der Waals surface area contributed by atoms with Gasteiger partial charge in [0.05, 0.1) is 16.2 Å². The Morgan fingerprint density at radius 3 is 2.62 bits per heavy atom. The van der Waals surface area contributed by atoms with Crippen LogP contribution >= 0.6 is 39.9 Å². The lowest BCUT2D eigenvalue weighted by molar-refractivity contribution is -0.122. The number of thioether (sulfide) groups is 1. The minimum absolute atomic E-state index is 0.165. The standard InChI is InChI=1S/C23H20BrN3O3S2/c1-2-3-11-26-22(30)20(32-23(26)31)19-16-9-4-5-10-17(16)27(21(19)29)13-18(28)25-15-8-6-7-14(24)12-15/h4-10,12H,2-3,11,13H2,1H3,(H,25,28)/b20-19-. The predicted molar refractivity (Wildman–Crippen MR) is 135 cm³/mol. The molecule has 2 aliphatic rings. The molecule has 32 heavy (non-hydrogen) atoms. The molecule has 0 atom stereocenters. The second-order valence-electron chi connectivity index (χ2n) is 7.35. The Hall–Kier alpha value is -2.49. The third-order valence-corrected chi connectivity index (χ3v) is 7.09. The smallest absolute Gasteiger partial charge is 0.267 e. The van der Waals surface area contributed by atoms with Gasteiger partial charge < -0.3 is 5.32 Å². The van der Waals surface area contributed by atoms with Gasteiger partial charge in [0.1, 0.15) is 10.9 Å². The highest BCUT2D eigenvalue weighted by atomic mass is 79.9. The zero-order valence-electron chi connectivity index (χ0n) is 17.3. The van der Waals surface area contributed by atoms with Crippen LogP contribution < -0.4 is 10.2 Å².